The zero-order chi connectivity index (χ0) is 27.1. The van der Waals surface area contributed by atoms with Gasteiger partial charge in [-0.2, -0.15) is 0 Å². The van der Waals surface area contributed by atoms with Crippen molar-refractivity contribution in [1.29, 1.82) is 0 Å². The van der Waals surface area contributed by atoms with Gasteiger partial charge in [-0.05, 0) is 61.4 Å². The van der Waals surface area contributed by atoms with Crippen molar-refractivity contribution < 1.29 is 14.3 Å². The van der Waals surface area contributed by atoms with E-state index in [1.165, 1.54) is 0 Å². The van der Waals surface area contributed by atoms with Crippen LogP contribution in [-0.4, -0.2) is 41.3 Å². The van der Waals surface area contributed by atoms with E-state index in [-0.39, 0.29) is 17.5 Å². The summed E-state index contributed by atoms with van der Waals surface area (Å²) in [7, 11) is 1.71. The number of hydrogen-bond donors (Lipinski definition) is 0. The molecule has 2 aliphatic carbocycles. The topological polar surface area (TPSA) is 51.5 Å². The molecule has 2 aromatic carbocycles. The quantitative estimate of drug-likeness (QED) is 0.280. The highest BCUT2D eigenvalue weighted by Gasteiger charge is 2.44. The second kappa shape index (κ2) is 11.0. The monoisotopic (exact) mass is 562 g/mol. The van der Waals surface area contributed by atoms with E-state index in [0.29, 0.717) is 36.0 Å². The standard InChI is InChI=1S/C32H32Cl2N2O3/c1-39-16-6-15-36-26-9-4-11-28(37)31(26)30(32-27(36)10-5-12-29(32)38)23-19-35(25-8-3-2-7-22(23)25)18-20-13-14-21(33)17-24(20)34/h2-3,7-8,13-14,17,19,30H,4-6,9-12,15-16,18H2,1H3. The van der Waals surface area contributed by atoms with Crippen LogP contribution in [-0.2, 0) is 20.9 Å². The number of carbonyl (C=O) groups is 2. The van der Waals surface area contributed by atoms with Crippen LogP contribution >= 0.6 is 23.2 Å². The molecule has 6 rings (SSSR count). The first kappa shape index (κ1) is 26.4. The first-order valence-corrected chi connectivity index (χ1v) is 14.5. The van der Waals surface area contributed by atoms with E-state index in [4.69, 9.17) is 27.9 Å². The van der Waals surface area contributed by atoms with Crippen molar-refractivity contribution in [3.05, 3.63) is 92.4 Å². The summed E-state index contributed by atoms with van der Waals surface area (Å²) in [5, 5.41) is 2.28. The molecule has 0 unspecified atom stereocenters. The Bertz CT molecular complexity index is 1490. The van der Waals surface area contributed by atoms with E-state index in [2.05, 4.69) is 27.8 Å². The molecule has 0 atom stereocenters. The number of ketones is 2. The Kier molecular flexibility index (Phi) is 7.41. The molecule has 0 amide bonds. The number of Topliss-reactive ketones (excluding diaryl/α,β-unsaturated/α-hetero) is 2. The molecular weight excluding hydrogens is 531 g/mol. The van der Waals surface area contributed by atoms with Crippen LogP contribution in [0, 0.1) is 0 Å². The van der Waals surface area contributed by atoms with Crippen molar-refractivity contribution >= 4 is 45.7 Å². The maximum absolute atomic E-state index is 13.7. The Hall–Kier alpha value is -2.86. The van der Waals surface area contributed by atoms with Crippen molar-refractivity contribution in [1.82, 2.24) is 9.47 Å². The number of rotatable bonds is 7. The van der Waals surface area contributed by atoms with E-state index in [0.717, 1.165) is 83.2 Å². The van der Waals surface area contributed by atoms with E-state index in [1.807, 2.05) is 24.3 Å². The largest absolute Gasteiger partial charge is 0.385 e. The highest BCUT2D eigenvalue weighted by atomic mass is 35.5. The smallest absolute Gasteiger partial charge is 0.161 e. The molecule has 0 saturated heterocycles. The Morgan fingerprint density at radius 2 is 1.62 bits per heavy atom. The minimum Gasteiger partial charge on any atom is -0.385 e. The molecule has 5 nitrogen and oxygen atoms in total. The van der Waals surface area contributed by atoms with Crippen LogP contribution in [0.5, 0.6) is 0 Å². The summed E-state index contributed by atoms with van der Waals surface area (Å²) in [6, 6.07) is 13.8. The molecular formula is C32H32Cl2N2O3. The maximum atomic E-state index is 13.7. The molecule has 0 fully saturated rings. The molecule has 0 saturated carbocycles. The van der Waals surface area contributed by atoms with Gasteiger partial charge in [0.15, 0.2) is 11.6 Å². The number of benzene rings is 2. The van der Waals surface area contributed by atoms with Gasteiger partial charge < -0.3 is 14.2 Å². The summed E-state index contributed by atoms with van der Waals surface area (Å²) in [4.78, 5) is 29.7. The number of nitrogens with zero attached hydrogens (tertiary/aromatic N) is 2. The highest BCUT2D eigenvalue weighted by molar-refractivity contribution is 6.35. The average Bonchev–Trinajstić information content (AvgIpc) is 3.29. The fourth-order valence-corrected chi connectivity index (χ4v) is 7.10. The minimum absolute atomic E-state index is 0.167. The van der Waals surface area contributed by atoms with Crippen LogP contribution in [0.25, 0.3) is 10.9 Å². The number of methoxy groups -OCH3 is 1. The fraction of sp³-hybridized carbons (Fsp3) is 0.375. The Balaban J connectivity index is 1.53. The second-order valence-corrected chi connectivity index (χ2v) is 11.5. The fourth-order valence-electron chi connectivity index (χ4n) is 6.63. The molecule has 1 aromatic heterocycles. The number of halogens is 2. The summed E-state index contributed by atoms with van der Waals surface area (Å²) in [6.07, 6.45) is 7.44. The van der Waals surface area contributed by atoms with Gasteiger partial charge in [-0.1, -0.05) is 47.5 Å². The lowest BCUT2D eigenvalue weighted by atomic mass is 9.71. The van der Waals surface area contributed by atoms with Crippen molar-refractivity contribution in [2.24, 2.45) is 0 Å². The maximum Gasteiger partial charge on any atom is 0.161 e. The van der Waals surface area contributed by atoms with E-state index >= 15 is 0 Å². The lowest BCUT2D eigenvalue weighted by Crippen LogP contribution is -2.39. The zero-order valence-electron chi connectivity index (χ0n) is 22.1. The lowest BCUT2D eigenvalue weighted by molar-refractivity contribution is -0.117. The number of carbonyl (C=O) groups excluding carboxylic acids is 2. The summed E-state index contributed by atoms with van der Waals surface area (Å²) < 4.78 is 7.53. The van der Waals surface area contributed by atoms with Gasteiger partial charge in [0.2, 0.25) is 0 Å². The summed E-state index contributed by atoms with van der Waals surface area (Å²) >= 11 is 12.7. The Morgan fingerprint density at radius 3 is 2.28 bits per heavy atom. The summed E-state index contributed by atoms with van der Waals surface area (Å²) in [6.45, 7) is 1.97. The van der Waals surface area contributed by atoms with E-state index in [9.17, 15) is 9.59 Å². The second-order valence-electron chi connectivity index (χ2n) is 10.7. The van der Waals surface area contributed by atoms with Gasteiger partial charge >= 0.3 is 0 Å². The molecule has 1 aliphatic heterocycles. The Labute approximate surface area is 239 Å². The number of para-hydroxylation sites is 1. The molecule has 0 bridgehead atoms. The van der Waals surface area contributed by atoms with Gasteiger partial charge in [-0.25, -0.2) is 0 Å². The molecule has 3 aromatic rings. The van der Waals surface area contributed by atoms with Gasteiger partial charge in [-0.3, -0.25) is 9.59 Å². The molecule has 0 radical (unpaired) electrons. The number of hydrogen-bond acceptors (Lipinski definition) is 4. The molecule has 7 heteroatoms. The number of aromatic nitrogens is 1. The lowest BCUT2D eigenvalue weighted by Gasteiger charge is -2.44. The first-order chi connectivity index (χ1) is 19.0. The van der Waals surface area contributed by atoms with Gasteiger partial charge in [0.1, 0.15) is 0 Å². The molecule has 39 heavy (non-hydrogen) atoms. The SMILES string of the molecule is COCCCN1C2=C(C(=O)CCC2)C(c2cn(Cc3ccc(Cl)cc3Cl)c3ccccc23)C2=C1CCCC2=O. The van der Waals surface area contributed by atoms with Crippen molar-refractivity contribution in [2.45, 2.75) is 57.4 Å². The molecule has 2 heterocycles. The number of allylic oxidation sites excluding steroid dienone is 4. The molecule has 0 N–H and O–H groups in total. The highest BCUT2D eigenvalue weighted by Crippen LogP contribution is 2.50. The van der Waals surface area contributed by atoms with Gasteiger partial charge in [0.25, 0.3) is 0 Å². The van der Waals surface area contributed by atoms with E-state index < -0.39 is 0 Å². The predicted octanol–water partition coefficient (Wildman–Crippen LogP) is 7.45. The van der Waals surface area contributed by atoms with Crippen molar-refractivity contribution in [2.75, 3.05) is 20.3 Å². The molecule has 3 aliphatic rings. The van der Waals surface area contributed by atoms with Crippen molar-refractivity contribution in [3.63, 3.8) is 0 Å². The third-order valence-corrected chi connectivity index (χ3v) is 8.89. The van der Waals surface area contributed by atoms with E-state index in [1.54, 1.807) is 13.2 Å². The van der Waals surface area contributed by atoms with Crippen LogP contribution in [0.15, 0.2) is 71.2 Å². The van der Waals surface area contributed by atoms with Crippen LogP contribution in [0.4, 0.5) is 0 Å². The van der Waals surface area contributed by atoms with Crippen LogP contribution in [0.2, 0.25) is 10.0 Å². The summed E-state index contributed by atoms with van der Waals surface area (Å²) in [5.74, 6) is -0.0119. The van der Waals surface area contributed by atoms with Crippen LogP contribution < -0.4 is 0 Å². The third kappa shape index (κ3) is 4.75. The molecule has 202 valence electrons. The van der Waals surface area contributed by atoms with Gasteiger partial charge in [-0.15, -0.1) is 0 Å². The average molecular weight is 564 g/mol. The van der Waals surface area contributed by atoms with Gasteiger partial charge in [0, 0.05) is 95.3 Å². The van der Waals surface area contributed by atoms with Gasteiger partial charge in [0.05, 0.1) is 0 Å². The zero-order valence-corrected chi connectivity index (χ0v) is 23.7. The van der Waals surface area contributed by atoms with Crippen LogP contribution in [0.3, 0.4) is 0 Å². The molecule has 0 spiro atoms. The number of fused-ring (bicyclic) bond motifs is 1. The Morgan fingerprint density at radius 1 is 0.923 bits per heavy atom. The third-order valence-electron chi connectivity index (χ3n) is 8.30. The first-order valence-electron chi connectivity index (χ1n) is 13.8. The predicted molar refractivity (Wildman–Crippen MR) is 155 cm³/mol. The number of ether oxygens (including phenoxy) is 1. The van der Waals surface area contributed by atoms with Crippen molar-refractivity contribution in [3.8, 4) is 0 Å². The minimum atomic E-state index is -0.346. The summed E-state index contributed by atoms with van der Waals surface area (Å²) in [5.41, 5.74) is 6.90. The van der Waals surface area contributed by atoms with Crippen LogP contribution in [0.1, 0.15) is 62.0 Å². The normalized spacial score (nSPS) is 18.3.